The van der Waals surface area contributed by atoms with Gasteiger partial charge in [-0.2, -0.15) is 0 Å². The average Bonchev–Trinajstić information content (AvgIpc) is 2.01. The lowest BCUT2D eigenvalue weighted by atomic mass is 9.98. The lowest BCUT2D eigenvalue weighted by Crippen LogP contribution is -2.12. The number of carbonyl (C=O) groups is 1. The molecule has 0 saturated heterocycles. The van der Waals surface area contributed by atoms with Gasteiger partial charge < -0.3 is 5.11 Å². The first-order valence-corrected chi connectivity index (χ1v) is 4.79. The van der Waals surface area contributed by atoms with E-state index in [-0.39, 0.29) is 5.92 Å². The second-order valence-electron chi connectivity index (χ2n) is 3.94. The summed E-state index contributed by atoms with van der Waals surface area (Å²) in [6, 6.07) is 6.19. The maximum Gasteiger partial charge on any atom is 0.306 e. The first kappa shape index (κ1) is 10.8. The maximum atomic E-state index is 10.7. The molecule has 1 unspecified atom stereocenters. The number of benzene rings is 1. The van der Waals surface area contributed by atoms with E-state index in [4.69, 9.17) is 5.11 Å². The molecule has 0 bridgehead atoms. The van der Waals surface area contributed by atoms with Crippen molar-refractivity contribution in [3.8, 4) is 0 Å². The predicted octanol–water partition coefficient (Wildman–Crippen LogP) is 2.57. The molecular formula is C12H16O2. The average molecular weight is 192 g/mol. The van der Waals surface area contributed by atoms with Gasteiger partial charge in [-0.05, 0) is 25.8 Å². The summed E-state index contributed by atoms with van der Waals surface area (Å²) in [4.78, 5) is 10.7. The van der Waals surface area contributed by atoms with Crippen LogP contribution >= 0.6 is 0 Å². The van der Waals surface area contributed by atoms with Crippen LogP contribution in [-0.2, 0) is 11.2 Å². The molecule has 0 heterocycles. The maximum absolute atomic E-state index is 10.7. The molecule has 2 heteroatoms. The van der Waals surface area contributed by atoms with Crippen LogP contribution < -0.4 is 0 Å². The number of hydrogen-bond donors (Lipinski definition) is 1. The zero-order valence-corrected chi connectivity index (χ0v) is 8.87. The molecule has 1 rings (SSSR count). The van der Waals surface area contributed by atoms with Crippen molar-refractivity contribution in [3.05, 3.63) is 34.9 Å². The molecule has 0 amide bonds. The van der Waals surface area contributed by atoms with E-state index in [1.54, 1.807) is 6.92 Å². The summed E-state index contributed by atoms with van der Waals surface area (Å²) in [7, 11) is 0. The summed E-state index contributed by atoms with van der Waals surface area (Å²) in [6.45, 7) is 5.80. The van der Waals surface area contributed by atoms with Gasteiger partial charge in [0.1, 0.15) is 0 Å². The normalized spacial score (nSPS) is 12.5. The van der Waals surface area contributed by atoms with Gasteiger partial charge in [-0.1, -0.05) is 36.2 Å². The molecule has 0 aliphatic heterocycles. The Morgan fingerprint density at radius 3 is 2.21 bits per heavy atom. The molecule has 0 fully saturated rings. The van der Waals surface area contributed by atoms with Gasteiger partial charge in [0.2, 0.25) is 0 Å². The third kappa shape index (κ3) is 2.87. The largest absolute Gasteiger partial charge is 0.481 e. The van der Waals surface area contributed by atoms with E-state index in [1.807, 2.05) is 26.0 Å². The first-order valence-electron chi connectivity index (χ1n) is 4.79. The van der Waals surface area contributed by atoms with Gasteiger partial charge >= 0.3 is 5.97 Å². The Labute approximate surface area is 84.6 Å². The van der Waals surface area contributed by atoms with Crippen LogP contribution in [0.5, 0.6) is 0 Å². The molecule has 14 heavy (non-hydrogen) atoms. The van der Waals surface area contributed by atoms with Crippen molar-refractivity contribution < 1.29 is 9.90 Å². The van der Waals surface area contributed by atoms with Crippen LogP contribution in [-0.4, -0.2) is 11.1 Å². The zero-order valence-electron chi connectivity index (χ0n) is 8.87. The summed E-state index contributed by atoms with van der Waals surface area (Å²) in [5.74, 6) is -1.04. The van der Waals surface area contributed by atoms with Crippen molar-refractivity contribution in [2.24, 2.45) is 5.92 Å². The fourth-order valence-electron chi connectivity index (χ4n) is 1.63. The topological polar surface area (TPSA) is 37.3 Å². The van der Waals surface area contributed by atoms with Crippen molar-refractivity contribution in [2.45, 2.75) is 27.2 Å². The van der Waals surface area contributed by atoms with Gasteiger partial charge in [0, 0.05) is 0 Å². The van der Waals surface area contributed by atoms with E-state index in [1.165, 1.54) is 11.1 Å². The predicted molar refractivity (Wildman–Crippen MR) is 56.4 cm³/mol. The summed E-state index contributed by atoms with van der Waals surface area (Å²) in [5, 5.41) is 8.78. The molecule has 1 N–H and O–H groups in total. The third-order valence-electron chi connectivity index (χ3n) is 2.24. The van der Waals surface area contributed by atoms with Gasteiger partial charge in [-0.15, -0.1) is 0 Å². The van der Waals surface area contributed by atoms with Gasteiger partial charge in [0.05, 0.1) is 5.92 Å². The minimum Gasteiger partial charge on any atom is -0.481 e. The standard InChI is InChI=1S/C12H16O2/c1-8-4-9(2)6-11(5-8)7-10(3)12(13)14/h4-6,10H,7H2,1-3H3,(H,13,14). The Kier molecular flexibility index (Phi) is 3.28. The van der Waals surface area contributed by atoms with E-state index < -0.39 is 5.97 Å². The fraction of sp³-hybridized carbons (Fsp3) is 0.417. The lowest BCUT2D eigenvalue weighted by Gasteiger charge is -2.08. The summed E-state index contributed by atoms with van der Waals surface area (Å²) in [6.07, 6.45) is 0.609. The molecule has 1 aromatic carbocycles. The number of carboxylic acid groups (broad SMARTS) is 1. The number of rotatable bonds is 3. The van der Waals surface area contributed by atoms with Crippen LogP contribution in [0.2, 0.25) is 0 Å². The second kappa shape index (κ2) is 4.27. The monoisotopic (exact) mass is 192 g/mol. The summed E-state index contributed by atoms with van der Waals surface area (Å²) in [5.41, 5.74) is 3.49. The van der Waals surface area contributed by atoms with Gasteiger partial charge in [0.15, 0.2) is 0 Å². The third-order valence-corrected chi connectivity index (χ3v) is 2.24. The molecular weight excluding hydrogens is 176 g/mol. The highest BCUT2D eigenvalue weighted by Gasteiger charge is 2.11. The molecule has 0 aliphatic rings. The molecule has 0 spiro atoms. The summed E-state index contributed by atoms with van der Waals surface area (Å²) >= 11 is 0. The highest BCUT2D eigenvalue weighted by molar-refractivity contribution is 5.69. The Morgan fingerprint density at radius 2 is 1.79 bits per heavy atom. The van der Waals surface area contributed by atoms with E-state index >= 15 is 0 Å². The van der Waals surface area contributed by atoms with Crippen LogP contribution in [0.4, 0.5) is 0 Å². The fourth-order valence-corrected chi connectivity index (χ4v) is 1.63. The van der Waals surface area contributed by atoms with Crippen LogP contribution in [0.1, 0.15) is 23.6 Å². The molecule has 0 aromatic heterocycles. The highest BCUT2D eigenvalue weighted by atomic mass is 16.4. The quantitative estimate of drug-likeness (QED) is 0.799. The Hall–Kier alpha value is -1.31. The van der Waals surface area contributed by atoms with E-state index in [2.05, 4.69) is 6.07 Å². The molecule has 1 atom stereocenters. The molecule has 1 aromatic rings. The molecule has 76 valence electrons. The minimum absolute atomic E-state index is 0.309. The van der Waals surface area contributed by atoms with Gasteiger partial charge in [0.25, 0.3) is 0 Å². The zero-order chi connectivity index (χ0) is 10.7. The highest BCUT2D eigenvalue weighted by Crippen LogP contribution is 2.13. The number of aliphatic carboxylic acids is 1. The van der Waals surface area contributed by atoms with Crippen LogP contribution in [0.3, 0.4) is 0 Å². The van der Waals surface area contributed by atoms with Crippen LogP contribution in [0.25, 0.3) is 0 Å². The smallest absolute Gasteiger partial charge is 0.306 e. The SMILES string of the molecule is Cc1cc(C)cc(CC(C)C(=O)O)c1. The Bertz CT molecular complexity index is 322. The van der Waals surface area contributed by atoms with Crippen molar-refractivity contribution in [3.63, 3.8) is 0 Å². The Morgan fingerprint density at radius 1 is 1.29 bits per heavy atom. The minimum atomic E-state index is -0.732. The Balaban J connectivity index is 2.81. The van der Waals surface area contributed by atoms with Crippen LogP contribution in [0.15, 0.2) is 18.2 Å². The number of aryl methyl sites for hydroxylation is 2. The number of carboxylic acids is 1. The molecule has 0 radical (unpaired) electrons. The van der Waals surface area contributed by atoms with Crippen molar-refractivity contribution in [2.75, 3.05) is 0 Å². The second-order valence-corrected chi connectivity index (χ2v) is 3.94. The number of hydrogen-bond acceptors (Lipinski definition) is 1. The van der Waals surface area contributed by atoms with Gasteiger partial charge in [-0.3, -0.25) is 4.79 Å². The van der Waals surface area contributed by atoms with Crippen molar-refractivity contribution >= 4 is 5.97 Å². The van der Waals surface area contributed by atoms with E-state index in [0.717, 1.165) is 5.56 Å². The molecule has 0 saturated carbocycles. The first-order chi connectivity index (χ1) is 6.49. The van der Waals surface area contributed by atoms with Gasteiger partial charge in [-0.25, -0.2) is 0 Å². The van der Waals surface area contributed by atoms with Crippen LogP contribution in [0, 0.1) is 19.8 Å². The lowest BCUT2D eigenvalue weighted by molar-refractivity contribution is -0.141. The molecule has 2 nitrogen and oxygen atoms in total. The van der Waals surface area contributed by atoms with Crippen molar-refractivity contribution in [1.82, 2.24) is 0 Å². The molecule has 0 aliphatic carbocycles. The summed E-state index contributed by atoms with van der Waals surface area (Å²) < 4.78 is 0. The van der Waals surface area contributed by atoms with E-state index in [9.17, 15) is 4.79 Å². The van der Waals surface area contributed by atoms with Crippen molar-refractivity contribution in [1.29, 1.82) is 0 Å². The van der Waals surface area contributed by atoms with E-state index in [0.29, 0.717) is 6.42 Å².